The van der Waals surface area contributed by atoms with E-state index in [9.17, 15) is 4.79 Å². The molecule has 1 amide bonds. The van der Waals surface area contributed by atoms with Gasteiger partial charge in [0.25, 0.3) is 5.91 Å². The van der Waals surface area contributed by atoms with Crippen LogP contribution in [-0.2, 0) is 9.53 Å². The van der Waals surface area contributed by atoms with Crippen molar-refractivity contribution in [3.8, 4) is 5.75 Å². The van der Waals surface area contributed by atoms with Gasteiger partial charge in [-0.3, -0.25) is 4.79 Å². The van der Waals surface area contributed by atoms with Gasteiger partial charge in [0.15, 0.2) is 6.61 Å². The van der Waals surface area contributed by atoms with Crippen LogP contribution in [0, 0.1) is 0 Å². The van der Waals surface area contributed by atoms with Gasteiger partial charge in [0.1, 0.15) is 5.75 Å². The fourth-order valence-corrected chi connectivity index (χ4v) is 2.89. The van der Waals surface area contributed by atoms with Gasteiger partial charge < -0.3 is 14.4 Å². The molecule has 0 aromatic heterocycles. The maximum atomic E-state index is 11.8. The van der Waals surface area contributed by atoms with Crippen molar-refractivity contribution in [1.82, 2.24) is 5.43 Å². The van der Waals surface area contributed by atoms with Crippen molar-refractivity contribution in [3.05, 3.63) is 58.6 Å². The highest BCUT2D eigenvalue weighted by Crippen LogP contribution is 2.17. The quantitative estimate of drug-likeness (QED) is 0.579. The SMILES string of the molecule is O=C(COc1cccc(Br)c1)N/N=C\c1ccc(N2CCOCC2)cc1. The summed E-state index contributed by atoms with van der Waals surface area (Å²) in [6.45, 7) is 3.24. The third-order valence-electron chi connectivity index (χ3n) is 3.84. The molecule has 1 aliphatic rings. The zero-order chi connectivity index (χ0) is 18.2. The van der Waals surface area contributed by atoms with Gasteiger partial charge in [-0.15, -0.1) is 0 Å². The minimum Gasteiger partial charge on any atom is -0.484 e. The summed E-state index contributed by atoms with van der Waals surface area (Å²) < 4.78 is 11.7. The molecule has 7 heteroatoms. The van der Waals surface area contributed by atoms with E-state index in [1.165, 1.54) is 0 Å². The number of anilines is 1. The van der Waals surface area contributed by atoms with Crippen molar-refractivity contribution in [3.63, 3.8) is 0 Å². The van der Waals surface area contributed by atoms with E-state index in [0.717, 1.165) is 42.0 Å². The number of nitrogens with one attached hydrogen (secondary N) is 1. The van der Waals surface area contributed by atoms with E-state index in [1.807, 2.05) is 36.4 Å². The number of morpholine rings is 1. The minimum atomic E-state index is -0.314. The van der Waals surface area contributed by atoms with Crippen LogP contribution < -0.4 is 15.1 Å². The summed E-state index contributed by atoms with van der Waals surface area (Å²) in [6, 6.07) is 15.4. The fraction of sp³-hybridized carbons (Fsp3) is 0.263. The summed E-state index contributed by atoms with van der Waals surface area (Å²) in [5.41, 5.74) is 4.54. The molecule has 1 fully saturated rings. The van der Waals surface area contributed by atoms with Gasteiger partial charge in [-0.2, -0.15) is 5.10 Å². The zero-order valence-corrected chi connectivity index (χ0v) is 15.8. The first-order valence-corrected chi connectivity index (χ1v) is 9.13. The van der Waals surface area contributed by atoms with E-state index in [2.05, 4.69) is 31.4 Å². The number of hydrogen-bond donors (Lipinski definition) is 1. The lowest BCUT2D eigenvalue weighted by atomic mass is 10.2. The predicted molar refractivity (Wildman–Crippen MR) is 105 cm³/mol. The first kappa shape index (κ1) is 18.4. The standard InChI is InChI=1S/C19H20BrN3O3/c20-16-2-1-3-18(12-16)26-14-19(24)22-21-13-15-4-6-17(7-5-15)23-8-10-25-11-9-23/h1-7,12-13H,8-11,14H2,(H,22,24)/b21-13-. The molecule has 3 rings (SSSR count). The second-order valence-corrected chi connectivity index (χ2v) is 6.65. The highest BCUT2D eigenvalue weighted by Gasteiger charge is 2.10. The minimum absolute atomic E-state index is 0.0935. The van der Waals surface area contributed by atoms with Crippen LogP contribution in [0.1, 0.15) is 5.56 Å². The van der Waals surface area contributed by atoms with Gasteiger partial charge in [0, 0.05) is 23.2 Å². The summed E-state index contributed by atoms with van der Waals surface area (Å²) in [4.78, 5) is 14.1. The Morgan fingerprint density at radius 1 is 1.23 bits per heavy atom. The van der Waals surface area contributed by atoms with Gasteiger partial charge in [-0.05, 0) is 35.9 Å². The third-order valence-corrected chi connectivity index (χ3v) is 4.33. The van der Waals surface area contributed by atoms with Gasteiger partial charge in [-0.1, -0.05) is 34.1 Å². The first-order chi connectivity index (χ1) is 12.7. The van der Waals surface area contributed by atoms with E-state index in [0.29, 0.717) is 5.75 Å². The molecule has 0 bridgehead atoms. The Balaban J connectivity index is 1.44. The Morgan fingerprint density at radius 2 is 2.00 bits per heavy atom. The van der Waals surface area contributed by atoms with Crippen LogP contribution in [0.2, 0.25) is 0 Å². The lowest BCUT2D eigenvalue weighted by Crippen LogP contribution is -2.36. The Hall–Kier alpha value is -2.38. The number of halogens is 1. The molecule has 2 aromatic carbocycles. The average molecular weight is 418 g/mol. The van der Waals surface area contributed by atoms with Crippen molar-refractivity contribution < 1.29 is 14.3 Å². The predicted octanol–water partition coefficient (Wildman–Crippen LogP) is 2.81. The molecule has 1 N–H and O–H groups in total. The van der Waals surface area contributed by atoms with E-state index >= 15 is 0 Å². The van der Waals surface area contributed by atoms with Gasteiger partial charge >= 0.3 is 0 Å². The molecule has 1 aliphatic heterocycles. The second-order valence-electron chi connectivity index (χ2n) is 5.73. The van der Waals surface area contributed by atoms with Gasteiger partial charge in [0.2, 0.25) is 0 Å². The molecular weight excluding hydrogens is 398 g/mol. The van der Waals surface area contributed by atoms with E-state index in [1.54, 1.807) is 18.3 Å². The van der Waals surface area contributed by atoms with E-state index < -0.39 is 0 Å². The molecule has 0 unspecified atom stereocenters. The Morgan fingerprint density at radius 3 is 2.73 bits per heavy atom. The van der Waals surface area contributed by atoms with Crippen LogP contribution in [0.15, 0.2) is 58.1 Å². The number of hydrazone groups is 1. The van der Waals surface area contributed by atoms with Crippen LogP contribution in [0.25, 0.3) is 0 Å². The van der Waals surface area contributed by atoms with Crippen molar-refractivity contribution in [2.24, 2.45) is 5.10 Å². The molecule has 0 atom stereocenters. The number of benzene rings is 2. The largest absolute Gasteiger partial charge is 0.484 e. The molecule has 1 saturated heterocycles. The topological polar surface area (TPSA) is 63.2 Å². The maximum absolute atomic E-state index is 11.8. The molecule has 0 spiro atoms. The Kier molecular flexibility index (Phi) is 6.62. The van der Waals surface area contributed by atoms with Crippen molar-refractivity contribution in [2.45, 2.75) is 0 Å². The van der Waals surface area contributed by atoms with Crippen LogP contribution in [0.5, 0.6) is 5.75 Å². The molecule has 6 nitrogen and oxygen atoms in total. The highest BCUT2D eigenvalue weighted by molar-refractivity contribution is 9.10. The Bertz CT molecular complexity index is 759. The van der Waals surface area contributed by atoms with E-state index in [4.69, 9.17) is 9.47 Å². The summed E-state index contributed by atoms with van der Waals surface area (Å²) in [6.07, 6.45) is 1.61. The van der Waals surface area contributed by atoms with Gasteiger partial charge in [0.05, 0.1) is 19.4 Å². The number of hydrogen-bond acceptors (Lipinski definition) is 5. The molecule has 1 heterocycles. The van der Waals surface area contributed by atoms with Crippen molar-refractivity contribution in [1.29, 1.82) is 0 Å². The second kappa shape index (κ2) is 9.35. The molecular formula is C19H20BrN3O3. The Labute approximate surface area is 160 Å². The number of amides is 1. The molecule has 0 saturated carbocycles. The van der Waals surface area contributed by atoms with Crippen LogP contribution in [0.4, 0.5) is 5.69 Å². The third kappa shape index (κ3) is 5.57. The summed E-state index contributed by atoms with van der Waals surface area (Å²) in [7, 11) is 0. The monoisotopic (exact) mass is 417 g/mol. The number of carbonyl (C=O) groups is 1. The summed E-state index contributed by atoms with van der Waals surface area (Å²) >= 11 is 3.35. The highest BCUT2D eigenvalue weighted by atomic mass is 79.9. The molecule has 0 radical (unpaired) electrons. The van der Waals surface area contributed by atoms with E-state index in [-0.39, 0.29) is 12.5 Å². The number of nitrogens with zero attached hydrogens (tertiary/aromatic N) is 2. The first-order valence-electron chi connectivity index (χ1n) is 8.34. The molecule has 0 aliphatic carbocycles. The van der Waals surface area contributed by atoms with Crippen molar-refractivity contribution >= 4 is 33.7 Å². The number of carbonyl (C=O) groups excluding carboxylic acids is 1. The van der Waals surface area contributed by atoms with Crippen LogP contribution >= 0.6 is 15.9 Å². The lowest BCUT2D eigenvalue weighted by molar-refractivity contribution is -0.123. The summed E-state index contributed by atoms with van der Waals surface area (Å²) in [5, 5.41) is 3.97. The molecule has 136 valence electrons. The lowest BCUT2D eigenvalue weighted by Gasteiger charge is -2.28. The fourth-order valence-electron chi connectivity index (χ4n) is 2.51. The summed E-state index contributed by atoms with van der Waals surface area (Å²) in [5.74, 6) is 0.309. The smallest absolute Gasteiger partial charge is 0.277 e. The zero-order valence-electron chi connectivity index (χ0n) is 14.2. The van der Waals surface area contributed by atoms with Crippen LogP contribution in [0.3, 0.4) is 0 Å². The number of ether oxygens (including phenoxy) is 2. The van der Waals surface area contributed by atoms with Gasteiger partial charge in [-0.25, -0.2) is 5.43 Å². The molecule has 2 aromatic rings. The maximum Gasteiger partial charge on any atom is 0.277 e. The normalized spacial score (nSPS) is 14.4. The molecule has 26 heavy (non-hydrogen) atoms. The van der Waals surface area contributed by atoms with Crippen LogP contribution in [-0.4, -0.2) is 45.0 Å². The van der Waals surface area contributed by atoms with Crippen molar-refractivity contribution in [2.75, 3.05) is 37.8 Å². The number of rotatable bonds is 6. The average Bonchev–Trinajstić information content (AvgIpc) is 2.68.